The third-order valence-corrected chi connectivity index (χ3v) is 3.69. The van der Waals surface area contributed by atoms with Crippen molar-refractivity contribution in [1.82, 2.24) is 5.32 Å². The predicted molar refractivity (Wildman–Crippen MR) is 78.1 cm³/mol. The first-order chi connectivity index (χ1) is 11.2. The van der Waals surface area contributed by atoms with E-state index in [0.717, 1.165) is 12.1 Å². The van der Waals surface area contributed by atoms with Gasteiger partial charge in [-0.2, -0.15) is 13.2 Å². The van der Waals surface area contributed by atoms with E-state index in [0.29, 0.717) is 26.1 Å². The van der Waals surface area contributed by atoms with Gasteiger partial charge in [0.15, 0.2) is 0 Å². The molecule has 0 atom stereocenters. The summed E-state index contributed by atoms with van der Waals surface area (Å²) in [6, 6.07) is 4.35. The Morgan fingerprint density at radius 3 is 2.42 bits per heavy atom. The fourth-order valence-corrected chi connectivity index (χ4v) is 2.27. The Hall–Kier alpha value is -2.13. The highest BCUT2D eigenvalue weighted by molar-refractivity contribution is 6.39. The van der Waals surface area contributed by atoms with Crippen molar-refractivity contribution in [3.05, 3.63) is 29.8 Å². The minimum absolute atomic E-state index is 0.177. The van der Waals surface area contributed by atoms with Crippen LogP contribution in [0.1, 0.15) is 18.4 Å². The highest BCUT2D eigenvalue weighted by Crippen LogP contribution is 2.34. The van der Waals surface area contributed by atoms with Crippen LogP contribution in [0.3, 0.4) is 0 Å². The van der Waals surface area contributed by atoms with E-state index in [1.807, 2.05) is 5.32 Å². The number of rotatable bonds is 3. The normalized spacial score (nSPS) is 17.2. The summed E-state index contributed by atoms with van der Waals surface area (Å²) in [4.78, 5) is 23.5. The highest BCUT2D eigenvalue weighted by atomic mass is 19.4. The van der Waals surface area contributed by atoms with Crippen molar-refractivity contribution in [2.75, 3.05) is 25.1 Å². The van der Waals surface area contributed by atoms with Gasteiger partial charge in [-0.05, 0) is 12.1 Å². The molecule has 0 spiro atoms. The number of carbonyl (C=O) groups excluding carboxylic acids is 2. The maximum Gasteiger partial charge on any atom is 0.418 e. The number of ether oxygens (including phenoxy) is 1. The predicted octanol–water partition coefficient (Wildman–Crippen LogP) is 1.30. The van der Waals surface area contributed by atoms with E-state index in [-0.39, 0.29) is 6.54 Å². The number of carbonyl (C=O) groups is 2. The first-order valence-electron chi connectivity index (χ1n) is 7.27. The van der Waals surface area contributed by atoms with Gasteiger partial charge in [0.2, 0.25) is 0 Å². The molecule has 1 aliphatic heterocycles. The van der Waals surface area contributed by atoms with Crippen molar-refractivity contribution < 1.29 is 32.6 Å². The van der Waals surface area contributed by atoms with Gasteiger partial charge in [0.1, 0.15) is 0 Å². The molecule has 24 heavy (non-hydrogen) atoms. The van der Waals surface area contributed by atoms with E-state index in [2.05, 4.69) is 5.32 Å². The maximum absolute atomic E-state index is 12.8. The molecule has 1 aromatic carbocycles. The summed E-state index contributed by atoms with van der Waals surface area (Å²) in [5.41, 5.74) is -2.73. The number of para-hydroxylation sites is 1. The van der Waals surface area contributed by atoms with Gasteiger partial charge in [0, 0.05) is 32.6 Å². The van der Waals surface area contributed by atoms with Crippen LogP contribution < -0.4 is 10.6 Å². The molecule has 0 aromatic heterocycles. The van der Waals surface area contributed by atoms with E-state index < -0.39 is 34.8 Å². The van der Waals surface area contributed by atoms with Crippen molar-refractivity contribution >= 4 is 17.5 Å². The van der Waals surface area contributed by atoms with Crippen LogP contribution in [0.4, 0.5) is 18.9 Å². The van der Waals surface area contributed by atoms with Gasteiger partial charge >= 0.3 is 18.0 Å². The number of benzene rings is 1. The second-order valence-electron chi connectivity index (χ2n) is 5.52. The standard InChI is InChI=1S/C15H17F3N2O4/c16-15(17,18)10-3-1-2-4-11(10)20-13(22)12(21)19-9-14(23)5-7-24-8-6-14/h1-4,23H,5-9H2,(H,19,21)(H,20,22). The minimum Gasteiger partial charge on any atom is -0.388 e. The number of nitrogens with one attached hydrogen (secondary N) is 2. The summed E-state index contributed by atoms with van der Waals surface area (Å²) >= 11 is 0. The molecule has 0 unspecified atom stereocenters. The van der Waals surface area contributed by atoms with Crippen LogP contribution in [0.2, 0.25) is 0 Å². The number of hydrogen-bond acceptors (Lipinski definition) is 4. The molecule has 1 aliphatic rings. The monoisotopic (exact) mass is 346 g/mol. The number of anilines is 1. The number of aliphatic hydroxyl groups is 1. The third-order valence-electron chi connectivity index (χ3n) is 3.69. The molecule has 1 heterocycles. The molecule has 0 saturated carbocycles. The van der Waals surface area contributed by atoms with E-state index in [1.54, 1.807) is 0 Å². The molecule has 0 aliphatic carbocycles. The number of halogens is 3. The molecular formula is C15H17F3N2O4. The zero-order chi connectivity index (χ0) is 17.8. The summed E-state index contributed by atoms with van der Waals surface area (Å²) in [6.45, 7) is 0.485. The van der Waals surface area contributed by atoms with Gasteiger partial charge < -0.3 is 20.5 Å². The van der Waals surface area contributed by atoms with E-state index >= 15 is 0 Å². The van der Waals surface area contributed by atoms with Crippen molar-refractivity contribution in [1.29, 1.82) is 0 Å². The fourth-order valence-electron chi connectivity index (χ4n) is 2.27. The van der Waals surface area contributed by atoms with Crippen LogP contribution in [0.25, 0.3) is 0 Å². The third kappa shape index (κ3) is 4.68. The molecule has 1 saturated heterocycles. The molecule has 3 N–H and O–H groups in total. The van der Waals surface area contributed by atoms with Crippen LogP contribution in [-0.4, -0.2) is 42.3 Å². The molecular weight excluding hydrogens is 329 g/mol. The second kappa shape index (κ2) is 7.18. The first-order valence-corrected chi connectivity index (χ1v) is 7.27. The number of hydrogen-bond donors (Lipinski definition) is 3. The molecule has 0 radical (unpaired) electrons. The Bertz CT molecular complexity index is 613. The molecule has 1 aromatic rings. The van der Waals surface area contributed by atoms with E-state index in [1.165, 1.54) is 12.1 Å². The van der Waals surface area contributed by atoms with E-state index in [9.17, 15) is 27.9 Å². The Balaban J connectivity index is 1.96. The SMILES string of the molecule is O=C(NCC1(O)CCOCC1)C(=O)Nc1ccccc1C(F)(F)F. The van der Waals surface area contributed by atoms with Gasteiger partial charge in [-0.1, -0.05) is 12.1 Å². The molecule has 6 nitrogen and oxygen atoms in total. The molecule has 9 heteroatoms. The van der Waals surface area contributed by atoms with Crippen LogP contribution in [0.15, 0.2) is 24.3 Å². The lowest BCUT2D eigenvalue weighted by molar-refractivity contribution is -0.138. The summed E-state index contributed by atoms with van der Waals surface area (Å²) in [7, 11) is 0. The summed E-state index contributed by atoms with van der Waals surface area (Å²) in [5.74, 6) is -2.35. The van der Waals surface area contributed by atoms with Crippen LogP contribution >= 0.6 is 0 Å². The zero-order valence-corrected chi connectivity index (χ0v) is 12.7. The van der Waals surface area contributed by atoms with Crippen LogP contribution in [0.5, 0.6) is 0 Å². The topological polar surface area (TPSA) is 87.7 Å². The van der Waals surface area contributed by atoms with Gasteiger partial charge in [-0.15, -0.1) is 0 Å². The fraction of sp³-hybridized carbons (Fsp3) is 0.467. The van der Waals surface area contributed by atoms with Gasteiger partial charge in [-0.25, -0.2) is 0 Å². The Labute approximate surface area is 136 Å². The summed E-state index contributed by atoms with van der Waals surface area (Å²) < 4.78 is 43.6. The Morgan fingerprint density at radius 2 is 1.79 bits per heavy atom. The molecule has 132 valence electrons. The zero-order valence-electron chi connectivity index (χ0n) is 12.7. The Morgan fingerprint density at radius 1 is 1.17 bits per heavy atom. The maximum atomic E-state index is 12.8. The largest absolute Gasteiger partial charge is 0.418 e. The van der Waals surface area contributed by atoms with Crippen LogP contribution in [-0.2, 0) is 20.5 Å². The lowest BCUT2D eigenvalue weighted by Gasteiger charge is -2.31. The average molecular weight is 346 g/mol. The lowest BCUT2D eigenvalue weighted by Crippen LogP contribution is -2.48. The smallest absolute Gasteiger partial charge is 0.388 e. The Kier molecular flexibility index (Phi) is 5.45. The van der Waals surface area contributed by atoms with Crippen LogP contribution in [0, 0.1) is 0 Å². The van der Waals surface area contributed by atoms with E-state index in [4.69, 9.17) is 4.74 Å². The molecule has 2 rings (SSSR count). The second-order valence-corrected chi connectivity index (χ2v) is 5.52. The summed E-state index contributed by atoms with van der Waals surface area (Å²) in [5, 5.41) is 14.3. The van der Waals surface area contributed by atoms with Crippen molar-refractivity contribution in [2.24, 2.45) is 0 Å². The molecule has 2 amide bonds. The van der Waals surface area contributed by atoms with Gasteiger partial charge in [0.25, 0.3) is 0 Å². The minimum atomic E-state index is -4.66. The number of amides is 2. The summed E-state index contributed by atoms with van der Waals surface area (Å²) in [6.07, 6.45) is -4.06. The van der Waals surface area contributed by atoms with Gasteiger partial charge in [-0.3, -0.25) is 9.59 Å². The first kappa shape index (κ1) is 18.2. The van der Waals surface area contributed by atoms with Crippen molar-refractivity contribution in [3.63, 3.8) is 0 Å². The van der Waals surface area contributed by atoms with Crippen molar-refractivity contribution in [3.8, 4) is 0 Å². The molecule has 0 bridgehead atoms. The highest BCUT2D eigenvalue weighted by Gasteiger charge is 2.34. The van der Waals surface area contributed by atoms with Gasteiger partial charge in [0.05, 0.1) is 16.9 Å². The average Bonchev–Trinajstić information content (AvgIpc) is 2.53. The van der Waals surface area contributed by atoms with Crippen molar-refractivity contribution in [2.45, 2.75) is 24.6 Å². The quantitative estimate of drug-likeness (QED) is 0.720. The lowest BCUT2D eigenvalue weighted by atomic mass is 9.94. The molecule has 1 fully saturated rings. The number of alkyl halides is 3.